The van der Waals surface area contributed by atoms with Crippen LogP contribution in [0, 0.1) is 0 Å². The smallest absolute Gasteiger partial charge is 0.160 e. The lowest BCUT2D eigenvalue weighted by atomic mass is 10.2. The van der Waals surface area contributed by atoms with Crippen LogP contribution >= 0.6 is 0 Å². The molecule has 4 rings (SSSR count). The van der Waals surface area contributed by atoms with Crippen LogP contribution in [0.4, 0.5) is 11.6 Å². The second kappa shape index (κ2) is 7.02. The summed E-state index contributed by atoms with van der Waals surface area (Å²) in [4.78, 5) is 17.8. The van der Waals surface area contributed by atoms with E-state index in [2.05, 4.69) is 53.3 Å². The molecule has 1 saturated heterocycles. The number of H-pyrrole nitrogens is 1. The predicted octanol–water partition coefficient (Wildman–Crippen LogP) is 1.37. The minimum absolute atomic E-state index is 0.286. The lowest BCUT2D eigenvalue weighted by molar-refractivity contribution is 0.250. The van der Waals surface area contributed by atoms with Crippen molar-refractivity contribution in [1.82, 2.24) is 30.0 Å². The third kappa shape index (κ3) is 3.53. The van der Waals surface area contributed by atoms with Crippen molar-refractivity contribution in [2.75, 3.05) is 42.9 Å². The number of rotatable bonds is 5. The number of hydrogen-bond donors (Lipinski definition) is 2. The van der Waals surface area contributed by atoms with E-state index in [1.807, 2.05) is 18.3 Å². The summed E-state index contributed by atoms with van der Waals surface area (Å²) in [5, 5.41) is 11.3. The van der Waals surface area contributed by atoms with E-state index >= 15 is 0 Å². The standard InChI is InChI=1S/C17H22N8/c1-13(22-16-14-10-21-23-17(14)20-12-19-16)11-24-6-8-25(9-7-24)15-4-2-3-5-18-15/h2-5,10,12-13H,6-9,11H2,1H3,(H2,19,20,21,22,23). The molecule has 0 amide bonds. The number of nitrogens with one attached hydrogen (secondary N) is 2. The fraction of sp³-hybridized carbons (Fsp3) is 0.412. The molecule has 3 aromatic rings. The zero-order chi connectivity index (χ0) is 17.1. The maximum absolute atomic E-state index is 4.44. The molecule has 1 aliphatic heterocycles. The van der Waals surface area contributed by atoms with Gasteiger partial charge in [-0.05, 0) is 19.1 Å². The second-order valence-corrected chi connectivity index (χ2v) is 6.38. The van der Waals surface area contributed by atoms with E-state index in [4.69, 9.17) is 0 Å². The van der Waals surface area contributed by atoms with E-state index in [-0.39, 0.29) is 6.04 Å². The highest BCUT2D eigenvalue weighted by atomic mass is 15.3. The fourth-order valence-corrected chi connectivity index (χ4v) is 3.25. The van der Waals surface area contributed by atoms with Gasteiger partial charge in [0.05, 0.1) is 11.6 Å². The van der Waals surface area contributed by atoms with Crippen LogP contribution < -0.4 is 10.2 Å². The second-order valence-electron chi connectivity index (χ2n) is 6.38. The van der Waals surface area contributed by atoms with Gasteiger partial charge in [0.25, 0.3) is 0 Å². The number of piperazine rings is 1. The Kier molecular flexibility index (Phi) is 4.43. The van der Waals surface area contributed by atoms with Crippen molar-refractivity contribution < 1.29 is 0 Å². The molecule has 25 heavy (non-hydrogen) atoms. The Balaban J connectivity index is 1.32. The lowest BCUT2D eigenvalue weighted by Gasteiger charge is -2.36. The van der Waals surface area contributed by atoms with Crippen LogP contribution in [0.5, 0.6) is 0 Å². The van der Waals surface area contributed by atoms with Crippen LogP contribution in [0.1, 0.15) is 6.92 Å². The van der Waals surface area contributed by atoms with Crippen molar-refractivity contribution in [2.24, 2.45) is 0 Å². The highest BCUT2D eigenvalue weighted by Gasteiger charge is 2.19. The fourth-order valence-electron chi connectivity index (χ4n) is 3.25. The average molecular weight is 338 g/mol. The minimum Gasteiger partial charge on any atom is -0.366 e. The molecule has 0 aliphatic carbocycles. The molecule has 130 valence electrons. The number of nitrogens with zero attached hydrogens (tertiary/aromatic N) is 6. The van der Waals surface area contributed by atoms with Crippen LogP contribution in [-0.2, 0) is 0 Å². The molecule has 0 bridgehead atoms. The summed E-state index contributed by atoms with van der Waals surface area (Å²) in [5.41, 5.74) is 0.758. The van der Waals surface area contributed by atoms with E-state index in [0.29, 0.717) is 0 Å². The molecule has 1 fully saturated rings. The number of hydrogen-bond acceptors (Lipinski definition) is 7. The summed E-state index contributed by atoms with van der Waals surface area (Å²) in [6.45, 7) is 7.23. The van der Waals surface area contributed by atoms with Crippen molar-refractivity contribution in [3.05, 3.63) is 36.9 Å². The largest absolute Gasteiger partial charge is 0.366 e. The van der Waals surface area contributed by atoms with E-state index in [1.165, 1.54) is 0 Å². The van der Waals surface area contributed by atoms with Gasteiger partial charge in [0, 0.05) is 45.0 Å². The predicted molar refractivity (Wildman–Crippen MR) is 97.7 cm³/mol. The SMILES string of the molecule is CC(CN1CCN(c2ccccn2)CC1)Nc1ncnc2[nH]ncc12. The van der Waals surface area contributed by atoms with Gasteiger partial charge in [-0.1, -0.05) is 6.07 Å². The Bertz CT molecular complexity index is 810. The van der Waals surface area contributed by atoms with Crippen molar-refractivity contribution in [3.63, 3.8) is 0 Å². The number of aromatic nitrogens is 5. The average Bonchev–Trinajstić information content (AvgIpc) is 3.13. The van der Waals surface area contributed by atoms with E-state index in [1.54, 1.807) is 12.5 Å². The molecular formula is C17H22N8. The third-order valence-corrected chi connectivity index (χ3v) is 4.51. The monoisotopic (exact) mass is 338 g/mol. The van der Waals surface area contributed by atoms with Gasteiger partial charge in [0.2, 0.25) is 0 Å². The first-order valence-electron chi connectivity index (χ1n) is 8.58. The first-order valence-corrected chi connectivity index (χ1v) is 8.58. The molecule has 8 nitrogen and oxygen atoms in total. The van der Waals surface area contributed by atoms with Crippen molar-refractivity contribution in [2.45, 2.75) is 13.0 Å². The number of anilines is 2. The zero-order valence-corrected chi connectivity index (χ0v) is 14.3. The summed E-state index contributed by atoms with van der Waals surface area (Å²) < 4.78 is 0. The van der Waals surface area contributed by atoms with Gasteiger partial charge in [-0.25, -0.2) is 15.0 Å². The Morgan fingerprint density at radius 1 is 1.16 bits per heavy atom. The molecule has 2 N–H and O–H groups in total. The van der Waals surface area contributed by atoms with Gasteiger partial charge in [-0.3, -0.25) is 10.00 Å². The summed E-state index contributed by atoms with van der Waals surface area (Å²) in [5.74, 6) is 1.90. The Morgan fingerprint density at radius 2 is 2.04 bits per heavy atom. The Hall–Kier alpha value is -2.74. The summed E-state index contributed by atoms with van der Waals surface area (Å²) >= 11 is 0. The first kappa shape index (κ1) is 15.8. The summed E-state index contributed by atoms with van der Waals surface area (Å²) in [7, 11) is 0. The Labute approximate surface area is 146 Å². The molecule has 0 aromatic carbocycles. The Morgan fingerprint density at radius 3 is 2.84 bits per heavy atom. The number of aromatic amines is 1. The molecule has 1 unspecified atom stereocenters. The van der Waals surface area contributed by atoms with E-state index in [0.717, 1.165) is 55.4 Å². The highest BCUT2D eigenvalue weighted by molar-refractivity contribution is 5.85. The first-order chi connectivity index (χ1) is 12.3. The summed E-state index contributed by atoms with van der Waals surface area (Å²) in [6.07, 6.45) is 5.17. The molecule has 1 atom stereocenters. The van der Waals surface area contributed by atoms with Crippen LogP contribution in [0.2, 0.25) is 0 Å². The molecule has 0 spiro atoms. The molecule has 0 radical (unpaired) electrons. The van der Waals surface area contributed by atoms with Crippen molar-refractivity contribution in [3.8, 4) is 0 Å². The molecule has 3 aromatic heterocycles. The molecule has 1 aliphatic rings. The van der Waals surface area contributed by atoms with Crippen LogP contribution in [0.15, 0.2) is 36.9 Å². The van der Waals surface area contributed by atoms with E-state index in [9.17, 15) is 0 Å². The maximum atomic E-state index is 4.44. The maximum Gasteiger partial charge on any atom is 0.160 e. The van der Waals surface area contributed by atoms with Crippen molar-refractivity contribution >= 4 is 22.7 Å². The summed E-state index contributed by atoms with van der Waals surface area (Å²) in [6, 6.07) is 6.36. The number of pyridine rings is 1. The molecule has 4 heterocycles. The van der Waals surface area contributed by atoms with Gasteiger partial charge < -0.3 is 10.2 Å². The lowest BCUT2D eigenvalue weighted by Crippen LogP contribution is -2.49. The molecule has 0 saturated carbocycles. The van der Waals surface area contributed by atoms with Crippen LogP contribution in [0.25, 0.3) is 11.0 Å². The highest BCUT2D eigenvalue weighted by Crippen LogP contribution is 2.18. The normalized spacial score (nSPS) is 16.9. The van der Waals surface area contributed by atoms with E-state index < -0.39 is 0 Å². The van der Waals surface area contributed by atoms with Gasteiger partial charge >= 0.3 is 0 Å². The minimum atomic E-state index is 0.286. The van der Waals surface area contributed by atoms with Gasteiger partial charge in [-0.15, -0.1) is 0 Å². The number of fused-ring (bicyclic) bond motifs is 1. The van der Waals surface area contributed by atoms with Gasteiger partial charge in [0.1, 0.15) is 18.0 Å². The molecule has 8 heteroatoms. The third-order valence-electron chi connectivity index (χ3n) is 4.51. The van der Waals surface area contributed by atoms with Crippen molar-refractivity contribution in [1.29, 1.82) is 0 Å². The zero-order valence-electron chi connectivity index (χ0n) is 14.3. The molecular weight excluding hydrogens is 316 g/mol. The van der Waals surface area contributed by atoms with Crippen LogP contribution in [0.3, 0.4) is 0 Å². The van der Waals surface area contributed by atoms with Gasteiger partial charge in [-0.2, -0.15) is 5.10 Å². The quantitative estimate of drug-likeness (QED) is 0.726. The topological polar surface area (TPSA) is 85.9 Å². The van der Waals surface area contributed by atoms with Crippen LogP contribution in [-0.4, -0.2) is 68.8 Å². The van der Waals surface area contributed by atoms with Gasteiger partial charge in [0.15, 0.2) is 5.65 Å².